The van der Waals surface area contributed by atoms with Crippen LogP contribution in [-0.2, 0) is 15.9 Å². The molecule has 0 bridgehead atoms. The summed E-state index contributed by atoms with van der Waals surface area (Å²) < 4.78 is 16.7. The van der Waals surface area contributed by atoms with Crippen molar-refractivity contribution in [1.29, 1.82) is 0 Å². The molecule has 0 N–H and O–H groups in total. The van der Waals surface area contributed by atoms with E-state index in [1.807, 2.05) is 0 Å². The maximum atomic E-state index is 7.14. The molecule has 11 rings (SSSR count). The quantitative estimate of drug-likeness (QED) is 0.215. The van der Waals surface area contributed by atoms with Gasteiger partial charge in [-0.15, -0.1) is 0 Å². The molecule has 1 saturated heterocycles. The molecule has 4 aromatic rings. The third-order valence-corrected chi connectivity index (χ3v) is 11.9. The monoisotopic (exact) mass is 598 g/mol. The Balaban J connectivity index is 1.14. The van der Waals surface area contributed by atoms with Crippen LogP contribution in [0.3, 0.4) is 0 Å². The van der Waals surface area contributed by atoms with Gasteiger partial charge in [-0.25, -0.2) is 0 Å². The van der Waals surface area contributed by atoms with Gasteiger partial charge in [0.1, 0.15) is 5.76 Å². The zero-order valence-corrected chi connectivity index (χ0v) is 25.8. The maximum Gasteiger partial charge on any atom is 0.200 e. The Morgan fingerprint density at radius 2 is 1.74 bits per heavy atom. The number of aryl methyl sites for hydroxylation is 1. The lowest BCUT2D eigenvalue weighted by Crippen LogP contribution is -2.53. The van der Waals surface area contributed by atoms with Gasteiger partial charge in [0.2, 0.25) is 0 Å². The Morgan fingerprint density at radius 1 is 0.848 bits per heavy atom. The predicted molar refractivity (Wildman–Crippen MR) is 186 cm³/mol. The molecule has 1 aromatic heterocycles. The number of hydrogen-bond donors (Lipinski definition) is 0. The van der Waals surface area contributed by atoms with Gasteiger partial charge >= 0.3 is 0 Å². The highest BCUT2D eigenvalue weighted by atomic mass is 16.5. The van der Waals surface area contributed by atoms with E-state index in [0.717, 1.165) is 32.1 Å². The Bertz CT molecular complexity index is 2120. The molecule has 46 heavy (non-hydrogen) atoms. The van der Waals surface area contributed by atoms with Crippen molar-refractivity contribution < 1.29 is 9.47 Å². The minimum absolute atomic E-state index is 0.134. The number of hydrogen-bond acceptors (Lipinski definition) is 3. The summed E-state index contributed by atoms with van der Waals surface area (Å²) in [5.41, 5.74) is 12.0. The Kier molecular flexibility index (Phi) is 5.32. The molecule has 4 heterocycles. The van der Waals surface area contributed by atoms with Crippen LogP contribution < -0.4 is 4.90 Å². The van der Waals surface area contributed by atoms with E-state index in [1.54, 1.807) is 5.47 Å². The zero-order valence-electron chi connectivity index (χ0n) is 25.8. The van der Waals surface area contributed by atoms with Crippen LogP contribution in [0.25, 0.3) is 22.7 Å². The van der Waals surface area contributed by atoms with E-state index in [2.05, 4.69) is 119 Å². The van der Waals surface area contributed by atoms with Gasteiger partial charge in [0.25, 0.3) is 0 Å². The average molecular weight is 599 g/mol. The minimum atomic E-state index is 0.134. The van der Waals surface area contributed by atoms with E-state index in [9.17, 15) is 0 Å². The highest BCUT2D eigenvalue weighted by Crippen LogP contribution is 2.63. The van der Waals surface area contributed by atoms with Crippen LogP contribution in [0.15, 0.2) is 126 Å². The van der Waals surface area contributed by atoms with Crippen molar-refractivity contribution in [2.24, 2.45) is 0 Å². The Hall–Kier alpha value is -4.48. The second-order valence-electron chi connectivity index (χ2n) is 14.1. The lowest BCUT2D eigenvalue weighted by Gasteiger charge is -2.51. The number of benzene rings is 3. The molecule has 224 valence electrons. The fourth-order valence-corrected chi connectivity index (χ4v) is 10.1. The smallest absolute Gasteiger partial charge is 0.200 e. The zero-order chi connectivity index (χ0) is 29.9. The number of anilines is 2. The third-order valence-electron chi connectivity index (χ3n) is 11.9. The fraction of sp³-hybridized carbons (Fsp3) is 0.268. The van der Waals surface area contributed by atoms with Crippen molar-refractivity contribution in [2.45, 2.75) is 68.3 Å². The molecule has 7 aliphatic rings. The molecule has 5 atom stereocenters. The Morgan fingerprint density at radius 3 is 2.70 bits per heavy atom. The summed E-state index contributed by atoms with van der Waals surface area (Å²) in [5.74, 6) is 3.24. The number of aromatic nitrogens is 1. The number of fused-ring (bicyclic) bond motifs is 9. The summed E-state index contributed by atoms with van der Waals surface area (Å²) in [6.45, 7) is 0.445. The van der Waals surface area contributed by atoms with Crippen molar-refractivity contribution >= 4 is 35.1 Å². The Labute approximate surface area is 270 Å². The maximum absolute atomic E-state index is 7.14. The molecule has 5 unspecified atom stereocenters. The predicted octanol–water partition coefficient (Wildman–Crippen LogP) is 9.58. The summed E-state index contributed by atoms with van der Waals surface area (Å²) in [6.07, 6.45) is 20.6. The molecule has 0 saturated carbocycles. The summed E-state index contributed by atoms with van der Waals surface area (Å²) in [7, 11) is 0. The van der Waals surface area contributed by atoms with Gasteiger partial charge < -0.3 is 18.9 Å². The van der Waals surface area contributed by atoms with Gasteiger partial charge in [-0.2, -0.15) is 0 Å². The number of rotatable bonds is 2. The summed E-state index contributed by atoms with van der Waals surface area (Å²) in [5, 5.41) is 1.37. The molecule has 3 aliphatic heterocycles. The number of para-hydroxylation sites is 2. The number of nitrogens with zero attached hydrogens (tertiary/aromatic N) is 2. The molecule has 4 aliphatic carbocycles. The van der Waals surface area contributed by atoms with Crippen LogP contribution in [0.1, 0.15) is 54.8 Å². The number of ether oxygens (including phenoxy) is 2. The normalized spacial score (nSPS) is 28.1. The first kappa shape index (κ1) is 25.7. The third kappa shape index (κ3) is 3.39. The molecule has 4 nitrogen and oxygen atoms in total. The average Bonchev–Trinajstić information content (AvgIpc) is 3.81. The number of allylic oxidation sites excluding steroid dienone is 6. The molecule has 0 spiro atoms. The summed E-state index contributed by atoms with van der Waals surface area (Å²) >= 11 is 0. The molecule has 5 heteroatoms. The first-order chi connectivity index (χ1) is 22.8. The van der Waals surface area contributed by atoms with Crippen molar-refractivity contribution in [2.75, 3.05) is 4.90 Å². The van der Waals surface area contributed by atoms with Crippen LogP contribution in [0.4, 0.5) is 11.4 Å². The van der Waals surface area contributed by atoms with Crippen molar-refractivity contribution in [3.8, 4) is 5.69 Å². The van der Waals surface area contributed by atoms with Crippen molar-refractivity contribution in [3.63, 3.8) is 0 Å². The second kappa shape index (κ2) is 9.53. The molecular formula is C41H35BN2O2. The first-order valence-corrected chi connectivity index (χ1v) is 17.3. The molecule has 3 aromatic carbocycles. The standard InChI is InChI=1S/C41H35BN2O2/c1-2-11-25(12-3-1)44-35-23-26(43-33-17-7-4-13-27(33)28-14-5-8-18-34(28)43)21-22-29(35)30-24-38-39-41(40(30)44)46-37-20-10-16-32(37)42(39)31-15-6-9-19-36(31)45-38/h1-4,6-9,11-13,15,17-19,21-23,30-31,36,38-39H,5,10,14,16,20,24H2. The second-order valence-corrected chi connectivity index (χ2v) is 14.1. The fourth-order valence-electron chi connectivity index (χ4n) is 10.1. The van der Waals surface area contributed by atoms with Crippen molar-refractivity contribution in [1.82, 2.24) is 4.57 Å². The molecule has 1 fully saturated rings. The van der Waals surface area contributed by atoms with E-state index in [4.69, 9.17) is 9.47 Å². The SMILES string of the molecule is C1=CC2OC3CC4C(=C5OC6=C(CCC6)B(C2C=C1)C53)N(c1ccccc1)c1cc(-n2c3c(c5ccccc52)CCC=C3)ccc14. The van der Waals surface area contributed by atoms with Crippen LogP contribution in [0.2, 0.25) is 11.6 Å². The van der Waals surface area contributed by atoms with E-state index in [-0.39, 0.29) is 23.9 Å². The van der Waals surface area contributed by atoms with Gasteiger partial charge in [-0.05, 0) is 85.5 Å². The van der Waals surface area contributed by atoms with Gasteiger partial charge in [0.05, 0.1) is 34.9 Å². The molecule has 0 radical (unpaired) electrons. The van der Waals surface area contributed by atoms with E-state index in [0.29, 0.717) is 12.5 Å². The van der Waals surface area contributed by atoms with E-state index in [1.165, 1.54) is 68.4 Å². The van der Waals surface area contributed by atoms with Crippen LogP contribution in [-0.4, -0.2) is 23.5 Å². The topological polar surface area (TPSA) is 26.6 Å². The van der Waals surface area contributed by atoms with Gasteiger partial charge in [-0.3, -0.25) is 0 Å². The lowest BCUT2D eigenvalue weighted by atomic mass is 9.25. The largest absolute Gasteiger partial charge is 0.465 e. The molecule has 0 amide bonds. The summed E-state index contributed by atoms with van der Waals surface area (Å²) in [6, 6.07) is 27.1. The van der Waals surface area contributed by atoms with Gasteiger partial charge in [-0.1, -0.05) is 78.3 Å². The van der Waals surface area contributed by atoms with Crippen LogP contribution in [0, 0.1) is 0 Å². The van der Waals surface area contributed by atoms with E-state index >= 15 is 0 Å². The highest BCUT2D eigenvalue weighted by molar-refractivity contribution is 6.72. The summed E-state index contributed by atoms with van der Waals surface area (Å²) in [4.78, 5) is 2.54. The highest BCUT2D eigenvalue weighted by Gasteiger charge is 2.59. The molecular weight excluding hydrogens is 563 g/mol. The van der Waals surface area contributed by atoms with Crippen molar-refractivity contribution in [3.05, 3.63) is 143 Å². The van der Waals surface area contributed by atoms with Crippen LogP contribution >= 0.6 is 0 Å². The van der Waals surface area contributed by atoms with Gasteiger partial charge in [0, 0.05) is 40.6 Å². The lowest BCUT2D eigenvalue weighted by molar-refractivity contribution is -0.0192. The minimum Gasteiger partial charge on any atom is -0.465 e. The first-order valence-electron chi connectivity index (χ1n) is 17.3. The van der Waals surface area contributed by atoms with E-state index < -0.39 is 0 Å². The van der Waals surface area contributed by atoms with Gasteiger partial charge in [0.15, 0.2) is 6.71 Å². The van der Waals surface area contributed by atoms with Crippen LogP contribution in [0.5, 0.6) is 0 Å².